The molecule has 0 unspecified atom stereocenters. The maximum absolute atomic E-state index is 10.5. The Morgan fingerprint density at radius 1 is 1.21 bits per heavy atom. The SMILES string of the molecule is CC#CC[C@H](C)[C@H](O)C=C[C@@H]1[C@H]2CC(=CCCCCN(CC)CC)C[C@H]2C[C@H]1O. The van der Waals surface area contributed by atoms with Gasteiger partial charge >= 0.3 is 0 Å². The second-order valence-corrected chi connectivity index (χ2v) is 9.08. The lowest BCUT2D eigenvalue weighted by molar-refractivity contribution is 0.137. The number of unbranched alkanes of at least 4 members (excludes halogenated alkanes) is 2. The van der Waals surface area contributed by atoms with Crippen molar-refractivity contribution in [3.63, 3.8) is 0 Å². The van der Waals surface area contributed by atoms with Crippen LogP contribution in [0.4, 0.5) is 0 Å². The Bertz CT molecular complexity index is 596. The third-order valence-corrected chi connectivity index (χ3v) is 7.08. The van der Waals surface area contributed by atoms with Crippen LogP contribution in [0.5, 0.6) is 0 Å². The van der Waals surface area contributed by atoms with E-state index in [1.165, 1.54) is 25.8 Å². The average molecular weight is 402 g/mol. The molecule has 0 saturated heterocycles. The number of allylic oxidation sites excluding steroid dienone is 2. The first-order chi connectivity index (χ1) is 14.0. The van der Waals surface area contributed by atoms with Crippen LogP contribution >= 0.6 is 0 Å². The Morgan fingerprint density at radius 2 is 1.97 bits per heavy atom. The Kier molecular flexibility index (Phi) is 10.5. The van der Waals surface area contributed by atoms with Crippen LogP contribution in [0.15, 0.2) is 23.8 Å². The molecule has 0 aliphatic heterocycles. The van der Waals surface area contributed by atoms with Crippen LogP contribution in [0.25, 0.3) is 0 Å². The number of fused-ring (bicyclic) bond motifs is 1. The van der Waals surface area contributed by atoms with Crippen molar-refractivity contribution in [1.29, 1.82) is 0 Å². The standard InChI is InChI=1S/C26H43NO2/c1-5-8-12-20(4)25(28)15-14-23-24-18-21(17-22(24)19-26(23)29)13-10-9-11-16-27(6-2)7-3/h13-15,20,22-26,28-29H,6-7,9-12,16-19H2,1-4H3/t20-,22-,23+,24-,25+,26+/m0/s1. The fourth-order valence-electron chi connectivity index (χ4n) is 5.08. The second-order valence-electron chi connectivity index (χ2n) is 9.08. The predicted molar refractivity (Wildman–Crippen MR) is 122 cm³/mol. The maximum atomic E-state index is 10.5. The number of rotatable bonds is 11. The molecule has 3 heteroatoms. The van der Waals surface area contributed by atoms with E-state index in [1.807, 2.05) is 19.9 Å². The maximum Gasteiger partial charge on any atom is 0.0755 e. The Labute approximate surface area is 179 Å². The van der Waals surface area contributed by atoms with E-state index in [0.717, 1.165) is 32.4 Å². The Balaban J connectivity index is 1.81. The minimum atomic E-state index is -0.482. The van der Waals surface area contributed by atoms with Gasteiger partial charge in [-0.25, -0.2) is 0 Å². The van der Waals surface area contributed by atoms with Gasteiger partial charge in [0.1, 0.15) is 0 Å². The van der Waals surface area contributed by atoms with Crippen LogP contribution in [0.1, 0.15) is 72.6 Å². The molecule has 29 heavy (non-hydrogen) atoms. The topological polar surface area (TPSA) is 43.7 Å². The number of hydrogen-bond acceptors (Lipinski definition) is 3. The molecule has 2 N–H and O–H groups in total. The van der Waals surface area contributed by atoms with E-state index in [1.54, 1.807) is 5.57 Å². The highest BCUT2D eigenvalue weighted by molar-refractivity contribution is 5.18. The van der Waals surface area contributed by atoms with Gasteiger partial charge in [0.05, 0.1) is 12.2 Å². The van der Waals surface area contributed by atoms with Crippen LogP contribution in [0.2, 0.25) is 0 Å². The predicted octanol–water partition coefficient (Wildman–Crippen LogP) is 4.80. The molecule has 2 aliphatic rings. The minimum Gasteiger partial charge on any atom is -0.392 e. The fourth-order valence-corrected chi connectivity index (χ4v) is 5.08. The highest BCUT2D eigenvalue weighted by Crippen LogP contribution is 2.50. The van der Waals surface area contributed by atoms with Gasteiger partial charge in [0.2, 0.25) is 0 Å². The molecule has 0 heterocycles. The summed E-state index contributed by atoms with van der Waals surface area (Å²) in [5.41, 5.74) is 1.60. The summed E-state index contributed by atoms with van der Waals surface area (Å²) in [6.07, 6.45) is 13.4. The molecule has 0 radical (unpaired) electrons. The number of hydrogen-bond donors (Lipinski definition) is 2. The highest BCUT2D eigenvalue weighted by atomic mass is 16.3. The molecule has 2 fully saturated rings. The summed E-state index contributed by atoms with van der Waals surface area (Å²) in [6, 6.07) is 0. The van der Waals surface area contributed by atoms with Gasteiger partial charge in [0.25, 0.3) is 0 Å². The lowest BCUT2D eigenvalue weighted by Crippen LogP contribution is -2.23. The van der Waals surface area contributed by atoms with Crippen molar-refractivity contribution in [2.75, 3.05) is 19.6 Å². The second kappa shape index (κ2) is 12.6. The molecule has 0 aromatic heterocycles. The van der Waals surface area contributed by atoms with Crippen LogP contribution in [0, 0.1) is 35.5 Å². The quantitative estimate of drug-likeness (QED) is 0.297. The molecule has 2 aliphatic carbocycles. The summed E-state index contributed by atoms with van der Waals surface area (Å²) in [4.78, 5) is 2.50. The molecule has 0 spiro atoms. The lowest BCUT2D eigenvalue weighted by Gasteiger charge is -2.19. The smallest absolute Gasteiger partial charge is 0.0755 e. The van der Waals surface area contributed by atoms with E-state index in [4.69, 9.17) is 0 Å². The third-order valence-electron chi connectivity index (χ3n) is 7.08. The van der Waals surface area contributed by atoms with Crippen LogP contribution in [-0.4, -0.2) is 47.0 Å². The molecule has 0 aromatic rings. The van der Waals surface area contributed by atoms with Gasteiger partial charge in [-0.05, 0) is 82.8 Å². The van der Waals surface area contributed by atoms with Crippen LogP contribution in [-0.2, 0) is 0 Å². The normalized spacial score (nSPS) is 30.0. The summed E-state index contributed by atoms with van der Waals surface area (Å²) >= 11 is 0. The van der Waals surface area contributed by atoms with E-state index < -0.39 is 6.10 Å². The summed E-state index contributed by atoms with van der Waals surface area (Å²) in [5.74, 6) is 7.41. The molecule has 0 amide bonds. The van der Waals surface area contributed by atoms with E-state index in [9.17, 15) is 10.2 Å². The van der Waals surface area contributed by atoms with E-state index in [2.05, 4.69) is 42.7 Å². The summed E-state index contributed by atoms with van der Waals surface area (Å²) < 4.78 is 0. The molecule has 0 bridgehead atoms. The van der Waals surface area contributed by atoms with Crippen molar-refractivity contribution in [1.82, 2.24) is 4.90 Å². The number of aliphatic hydroxyl groups excluding tert-OH is 2. The van der Waals surface area contributed by atoms with Crippen molar-refractivity contribution in [2.45, 2.75) is 84.8 Å². The van der Waals surface area contributed by atoms with E-state index in [-0.39, 0.29) is 17.9 Å². The van der Waals surface area contributed by atoms with Crippen molar-refractivity contribution < 1.29 is 10.2 Å². The molecule has 2 saturated carbocycles. The monoisotopic (exact) mass is 401 g/mol. The van der Waals surface area contributed by atoms with Crippen molar-refractivity contribution in [3.8, 4) is 11.8 Å². The van der Waals surface area contributed by atoms with Gasteiger partial charge in [0.15, 0.2) is 0 Å². The summed E-state index contributed by atoms with van der Waals surface area (Å²) in [7, 11) is 0. The zero-order valence-corrected chi connectivity index (χ0v) is 19.1. The first kappa shape index (κ1) is 24.2. The minimum absolute atomic E-state index is 0.128. The van der Waals surface area contributed by atoms with Crippen molar-refractivity contribution in [2.24, 2.45) is 23.7 Å². The zero-order valence-electron chi connectivity index (χ0n) is 19.1. The van der Waals surface area contributed by atoms with Gasteiger partial charge in [-0.3, -0.25) is 0 Å². The number of aliphatic hydroxyl groups is 2. The Hall–Kier alpha value is -1.08. The first-order valence-electron chi connectivity index (χ1n) is 11.8. The van der Waals surface area contributed by atoms with Gasteiger partial charge in [-0.2, -0.15) is 0 Å². The fraction of sp³-hybridized carbons (Fsp3) is 0.769. The van der Waals surface area contributed by atoms with Crippen molar-refractivity contribution in [3.05, 3.63) is 23.8 Å². The van der Waals surface area contributed by atoms with Gasteiger partial charge in [-0.1, -0.05) is 44.6 Å². The highest BCUT2D eigenvalue weighted by Gasteiger charge is 2.44. The molecule has 164 valence electrons. The Morgan fingerprint density at radius 3 is 2.66 bits per heavy atom. The van der Waals surface area contributed by atoms with Gasteiger partial charge in [0, 0.05) is 12.3 Å². The van der Waals surface area contributed by atoms with Crippen LogP contribution < -0.4 is 0 Å². The lowest BCUT2D eigenvalue weighted by atomic mass is 9.89. The largest absolute Gasteiger partial charge is 0.392 e. The third kappa shape index (κ3) is 7.28. The zero-order chi connectivity index (χ0) is 21.2. The van der Waals surface area contributed by atoms with E-state index in [0.29, 0.717) is 18.3 Å². The first-order valence-corrected chi connectivity index (χ1v) is 11.8. The van der Waals surface area contributed by atoms with Gasteiger partial charge in [-0.15, -0.1) is 11.8 Å². The molecular weight excluding hydrogens is 358 g/mol. The molecule has 3 nitrogen and oxygen atoms in total. The van der Waals surface area contributed by atoms with E-state index >= 15 is 0 Å². The van der Waals surface area contributed by atoms with Crippen molar-refractivity contribution >= 4 is 0 Å². The van der Waals surface area contributed by atoms with Gasteiger partial charge < -0.3 is 15.1 Å². The molecular formula is C26H43NO2. The molecule has 0 aromatic carbocycles. The number of nitrogens with zero attached hydrogens (tertiary/aromatic N) is 1. The molecule has 6 atom stereocenters. The van der Waals surface area contributed by atoms with Crippen LogP contribution in [0.3, 0.4) is 0 Å². The summed E-state index contributed by atoms with van der Waals surface area (Å²) in [6.45, 7) is 11.9. The average Bonchev–Trinajstić information content (AvgIpc) is 3.23. The molecule has 2 rings (SSSR count). The summed E-state index contributed by atoms with van der Waals surface area (Å²) in [5, 5.41) is 20.9.